The third kappa shape index (κ3) is 3.86. The van der Waals surface area contributed by atoms with Gasteiger partial charge in [0.05, 0.1) is 5.69 Å². The van der Waals surface area contributed by atoms with Gasteiger partial charge in [-0.25, -0.2) is 4.98 Å². The van der Waals surface area contributed by atoms with Gasteiger partial charge in [-0.1, -0.05) is 12.1 Å². The van der Waals surface area contributed by atoms with Gasteiger partial charge in [-0.3, -0.25) is 15.6 Å². The molecule has 27 heavy (non-hydrogen) atoms. The molecule has 0 unspecified atom stereocenters. The van der Waals surface area contributed by atoms with E-state index in [1.165, 1.54) is 11.3 Å². The maximum atomic E-state index is 12.6. The van der Waals surface area contributed by atoms with Crippen LogP contribution in [-0.4, -0.2) is 16.0 Å². The van der Waals surface area contributed by atoms with Gasteiger partial charge >= 0.3 is 0 Å². The van der Waals surface area contributed by atoms with E-state index < -0.39 is 0 Å². The molecule has 1 amide bonds. The molecule has 0 aliphatic heterocycles. The van der Waals surface area contributed by atoms with Crippen molar-refractivity contribution in [1.29, 1.82) is 0 Å². The van der Waals surface area contributed by atoms with Gasteiger partial charge < -0.3 is 11.1 Å². The fraction of sp³-hybridized carbons (Fsp3) is 0.211. The Balaban J connectivity index is 1.72. The first-order valence-electron chi connectivity index (χ1n) is 8.37. The first-order valence-corrected chi connectivity index (χ1v) is 9.60. The molecule has 0 aliphatic rings. The SMILES string of the molecule is Cc1cc(C)c2c(N)c(C(=O)NNC(=S)Nc3cccc(C)c3C)sc2n1. The van der Waals surface area contributed by atoms with E-state index >= 15 is 0 Å². The van der Waals surface area contributed by atoms with Gasteiger partial charge in [0.2, 0.25) is 0 Å². The molecule has 8 heteroatoms. The van der Waals surface area contributed by atoms with Crippen LogP contribution in [0, 0.1) is 27.7 Å². The lowest BCUT2D eigenvalue weighted by Gasteiger charge is -2.14. The molecule has 0 radical (unpaired) electrons. The molecule has 140 valence electrons. The summed E-state index contributed by atoms with van der Waals surface area (Å²) in [6.07, 6.45) is 0. The van der Waals surface area contributed by atoms with Crippen molar-refractivity contribution in [3.05, 3.63) is 51.5 Å². The highest BCUT2D eigenvalue weighted by atomic mass is 32.1. The standard InChI is InChI=1S/C19H21N5OS2/c1-9-6-5-7-13(12(9)4)22-19(26)24-23-17(25)16-15(20)14-10(2)8-11(3)21-18(14)27-16/h5-8H,20H2,1-4H3,(H,23,25)(H2,22,24,26). The smallest absolute Gasteiger partial charge is 0.281 e. The molecule has 0 atom stereocenters. The minimum absolute atomic E-state index is 0.293. The molecule has 3 aromatic rings. The third-order valence-corrected chi connectivity index (χ3v) is 5.68. The van der Waals surface area contributed by atoms with Crippen molar-refractivity contribution in [3.8, 4) is 0 Å². The summed E-state index contributed by atoms with van der Waals surface area (Å²) < 4.78 is 0. The molecule has 2 heterocycles. The number of carbonyl (C=O) groups excluding carboxylic acids is 1. The van der Waals surface area contributed by atoms with Crippen LogP contribution in [0.4, 0.5) is 11.4 Å². The molecule has 1 aromatic carbocycles. The van der Waals surface area contributed by atoms with E-state index in [1.807, 2.05) is 52.0 Å². The molecule has 6 nitrogen and oxygen atoms in total. The summed E-state index contributed by atoms with van der Waals surface area (Å²) in [4.78, 5) is 18.2. The van der Waals surface area contributed by atoms with Crippen molar-refractivity contribution < 1.29 is 4.79 Å². The van der Waals surface area contributed by atoms with E-state index in [4.69, 9.17) is 18.0 Å². The minimum Gasteiger partial charge on any atom is -0.397 e. The number of thiophene rings is 1. The zero-order valence-corrected chi connectivity index (χ0v) is 17.2. The van der Waals surface area contributed by atoms with Gasteiger partial charge in [-0.2, -0.15) is 0 Å². The first-order chi connectivity index (χ1) is 12.8. The second-order valence-electron chi connectivity index (χ2n) is 6.39. The molecular formula is C19H21N5OS2. The minimum atomic E-state index is -0.349. The predicted molar refractivity (Wildman–Crippen MR) is 116 cm³/mol. The maximum Gasteiger partial charge on any atom is 0.281 e. The number of hydrogen-bond donors (Lipinski definition) is 4. The topological polar surface area (TPSA) is 92.1 Å². The number of aryl methyl sites for hydroxylation is 3. The largest absolute Gasteiger partial charge is 0.397 e. The van der Waals surface area contributed by atoms with Crippen LogP contribution in [0.1, 0.15) is 32.1 Å². The molecule has 0 bridgehead atoms. The van der Waals surface area contributed by atoms with Crippen LogP contribution < -0.4 is 21.9 Å². The third-order valence-electron chi connectivity index (χ3n) is 4.37. The number of thiocarbonyl (C=S) groups is 1. The molecule has 0 fully saturated rings. The predicted octanol–water partition coefficient (Wildman–Crippen LogP) is 3.74. The summed E-state index contributed by atoms with van der Waals surface area (Å²) >= 11 is 6.53. The van der Waals surface area contributed by atoms with Crippen LogP contribution in [-0.2, 0) is 0 Å². The number of amides is 1. The normalized spacial score (nSPS) is 10.7. The maximum absolute atomic E-state index is 12.6. The Hall–Kier alpha value is -2.71. The highest BCUT2D eigenvalue weighted by Crippen LogP contribution is 2.34. The number of hydrazine groups is 1. The number of hydrogen-bond acceptors (Lipinski definition) is 5. The summed E-state index contributed by atoms with van der Waals surface area (Å²) in [5, 5.41) is 4.20. The van der Waals surface area contributed by atoms with Gasteiger partial charge in [0.15, 0.2) is 5.11 Å². The number of carbonyl (C=O) groups is 1. The second kappa shape index (κ2) is 7.50. The van der Waals surface area contributed by atoms with Gasteiger partial charge in [-0.15, -0.1) is 11.3 Å². The summed E-state index contributed by atoms with van der Waals surface area (Å²) in [6, 6.07) is 7.86. The molecule has 0 aliphatic carbocycles. The Kier molecular flexibility index (Phi) is 5.29. The Morgan fingerprint density at radius 3 is 2.63 bits per heavy atom. The number of nitrogen functional groups attached to an aromatic ring is 1. The lowest BCUT2D eigenvalue weighted by atomic mass is 10.1. The van der Waals surface area contributed by atoms with Gasteiger partial charge in [-0.05, 0) is 68.7 Å². The van der Waals surface area contributed by atoms with E-state index in [0.29, 0.717) is 15.7 Å². The molecule has 5 N–H and O–H groups in total. The molecule has 3 rings (SSSR count). The van der Waals surface area contributed by atoms with E-state index in [9.17, 15) is 4.79 Å². The van der Waals surface area contributed by atoms with Crippen LogP contribution in [0.25, 0.3) is 10.2 Å². The van der Waals surface area contributed by atoms with Crippen LogP contribution in [0.5, 0.6) is 0 Å². The van der Waals surface area contributed by atoms with E-state index in [1.54, 1.807) is 0 Å². The lowest BCUT2D eigenvalue weighted by molar-refractivity contribution is 0.0949. The Labute approximate surface area is 167 Å². The van der Waals surface area contributed by atoms with E-state index in [0.717, 1.165) is 38.3 Å². The first kappa shape index (κ1) is 19.1. The van der Waals surface area contributed by atoms with Crippen LogP contribution in [0.2, 0.25) is 0 Å². The van der Waals surface area contributed by atoms with Crippen molar-refractivity contribution in [2.75, 3.05) is 11.1 Å². The second-order valence-corrected chi connectivity index (χ2v) is 7.79. The van der Waals surface area contributed by atoms with Crippen molar-refractivity contribution >= 4 is 56.2 Å². The summed E-state index contributed by atoms with van der Waals surface area (Å²) in [6.45, 7) is 7.92. The molecular weight excluding hydrogens is 378 g/mol. The van der Waals surface area contributed by atoms with Gasteiger partial charge in [0, 0.05) is 16.8 Å². The average molecular weight is 400 g/mol. The van der Waals surface area contributed by atoms with Crippen molar-refractivity contribution in [1.82, 2.24) is 15.8 Å². The number of rotatable bonds is 2. The number of nitrogens with two attached hydrogens (primary N) is 1. The number of benzene rings is 1. The molecule has 0 spiro atoms. The van der Waals surface area contributed by atoms with Crippen molar-refractivity contribution in [2.24, 2.45) is 0 Å². The monoisotopic (exact) mass is 399 g/mol. The zero-order valence-electron chi connectivity index (χ0n) is 15.6. The molecule has 0 saturated heterocycles. The van der Waals surface area contributed by atoms with Crippen molar-refractivity contribution in [3.63, 3.8) is 0 Å². The number of aromatic nitrogens is 1. The number of fused-ring (bicyclic) bond motifs is 1. The number of nitrogens with one attached hydrogen (secondary N) is 3. The quantitative estimate of drug-likeness (QED) is 0.388. The Morgan fingerprint density at radius 2 is 1.89 bits per heavy atom. The van der Waals surface area contributed by atoms with Crippen molar-refractivity contribution in [2.45, 2.75) is 27.7 Å². The Morgan fingerprint density at radius 1 is 1.15 bits per heavy atom. The molecule has 0 saturated carbocycles. The Bertz CT molecular complexity index is 1060. The van der Waals surface area contributed by atoms with Gasteiger partial charge in [0.1, 0.15) is 9.71 Å². The fourth-order valence-electron chi connectivity index (χ4n) is 2.85. The number of nitrogens with zero attached hydrogens (tertiary/aromatic N) is 1. The molecule has 2 aromatic heterocycles. The van der Waals surface area contributed by atoms with Crippen LogP contribution >= 0.6 is 23.6 Å². The summed E-state index contributed by atoms with van der Waals surface area (Å²) in [5.41, 5.74) is 17.0. The van der Waals surface area contributed by atoms with E-state index in [2.05, 4.69) is 21.2 Å². The summed E-state index contributed by atoms with van der Waals surface area (Å²) in [5.74, 6) is -0.349. The van der Waals surface area contributed by atoms with Gasteiger partial charge in [0.25, 0.3) is 5.91 Å². The average Bonchev–Trinajstić information content (AvgIpc) is 2.93. The summed E-state index contributed by atoms with van der Waals surface area (Å²) in [7, 11) is 0. The number of pyridine rings is 1. The van der Waals surface area contributed by atoms with Crippen LogP contribution in [0.15, 0.2) is 24.3 Å². The fourth-order valence-corrected chi connectivity index (χ4v) is 4.12. The zero-order chi connectivity index (χ0) is 19.7. The van der Waals surface area contributed by atoms with Crippen LogP contribution in [0.3, 0.4) is 0 Å². The highest BCUT2D eigenvalue weighted by molar-refractivity contribution is 7.80. The van der Waals surface area contributed by atoms with E-state index in [-0.39, 0.29) is 5.91 Å². The highest BCUT2D eigenvalue weighted by Gasteiger charge is 2.19. The number of anilines is 2. The lowest BCUT2D eigenvalue weighted by Crippen LogP contribution is -2.43.